The smallest absolute Gasteiger partial charge is 0.220 e. The number of rotatable bonds is 28. The molecule has 0 spiro atoms. The molecule has 0 aromatic heterocycles. The number of aliphatic hydroxyl groups is 8. The monoisotopic (exact) mass is 773 g/mol. The van der Waals surface area contributed by atoms with Crippen molar-refractivity contribution >= 4 is 5.91 Å². The molecule has 0 aromatic carbocycles. The van der Waals surface area contributed by atoms with Gasteiger partial charge in [-0.25, -0.2) is 0 Å². The number of amides is 1. The minimum Gasteiger partial charge on any atom is -0.394 e. The van der Waals surface area contributed by atoms with Gasteiger partial charge in [0.05, 0.1) is 32.0 Å². The van der Waals surface area contributed by atoms with Crippen LogP contribution in [0.4, 0.5) is 0 Å². The zero-order chi connectivity index (χ0) is 39.7. The molecule has 9 N–H and O–H groups in total. The molecule has 14 nitrogen and oxygen atoms in total. The molecule has 2 fully saturated rings. The highest BCUT2D eigenvalue weighted by molar-refractivity contribution is 5.76. The molecule has 2 rings (SSSR count). The number of carbonyl (C=O) groups excluding carboxylic acids is 1. The van der Waals surface area contributed by atoms with Gasteiger partial charge in [0.25, 0.3) is 0 Å². The Morgan fingerprint density at radius 2 is 1.28 bits per heavy atom. The average Bonchev–Trinajstić information content (AvgIpc) is 3.16. The topological polar surface area (TPSA) is 228 Å². The van der Waals surface area contributed by atoms with Gasteiger partial charge < -0.3 is 65.1 Å². The van der Waals surface area contributed by atoms with Gasteiger partial charge in [-0.3, -0.25) is 4.79 Å². The van der Waals surface area contributed by atoms with Crippen molar-refractivity contribution in [2.45, 2.75) is 190 Å². The molecule has 54 heavy (non-hydrogen) atoms. The molecular weight excluding hydrogens is 702 g/mol. The molecule has 1 amide bonds. The predicted octanol–water partition coefficient (Wildman–Crippen LogP) is 2.42. The second kappa shape index (κ2) is 28.6. The third-order valence-electron chi connectivity index (χ3n) is 9.87. The summed E-state index contributed by atoms with van der Waals surface area (Å²) in [6.07, 6.45) is 11.2. The van der Waals surface area contributed by atoms with Gasteiger partial charge in [-0.1, -0.05) is 102 Å². The van der Waals surface area contributed by atoms with Crippen LogP contribution in [0.1, 0.15) is 117 Å². The molecule has 0 radical (unpaired) electrons. The van der Waals surface area contributed by atoms with Crippen LogP contribution in [0.3, 0.4) is 0 Å². The van der Waals surface area contributed by atoms with Crippen molar-refractivity contribution < 1.29 is 64.6 Å². The van der Waals surface area contributed by atoms with Crippen molar-refractivity contribution in [1.29, 1.82) is 0 Å². The first-order chi connectivity index (χ1) is 26.1. The summed E-state index contributed by atoms with van der Waals surface area (Å²) < 4.78 is 22.4. The summed E-state index contributed by atoms with van der Waals surface area (Å²) in [4.78, 5) is 12.9. The van der Waals surface area contributed by atoms with E-state index in [1.807, 2.05) is 6.92 Å². The second-order valence-corrected chi connectivity index (χ2v) is 14.4. The van der Waals surface area contributed by atoms with Crippen LogP contribution in [0.5, 0.6) is 0 Å². The summed E-state index contributed by atoms with van der Waals surface area (Å²) in [7, 11) is 0. The predicted molar refractivity (Wildman–Crippen MR) is 203 cm³/mol. The van der Waals surface area contributed by atoms with E-state index in [-0.39, 0.29) is 18.9 Å². The Bertz CT molecular complexity index is 1060. The Balaban J connectivity index is 1.78. The Kier molecular flexibility index (Phi) is 25.6. The maximum Gasteiger partial charge on any atom is 0.220 e. The number of hydrogen-bond acceptors (Lipinski definition) is 13. The van der Waals surface area contributed by atoms with Crippen molar-refractivity contribution in [1.82, 2.24) is 5.32 Å². The summed E-state index contributed by atoms with van der Waals surface area (Å²) in [5, 5.41) is 85.6. The number of nitrogens with one attached hydrogen (secondary N) is 1. The standard InChI is InChI=1S/C40H71NO13/c1-3-5-7-8-9-10-11-12-13-14-15-16-17-18-19-20-22-24-32(45)41-28(29(44)23-21-6-4-2)27-51-39-37(50)35(48)38(31(26-43)53-39)54-40-36(49)34(47)33(46)30(25-42)52-40/h5,7,9-10,12-13,28-31,33-40,42-44,46-50H,3-4,6,8,11,14-27H2,1-2H3,(H,41,45)/b7-5-,10-9-,13-12-. The summed E-state index contributed by atoms with van der Waals surface area (Å²) in [6.45, 7) is 2.51. The van der Waals surface area contributed by atoms with Gasteiger partial charge in [0.1, 0.15) is 48.8 Å². The maximum absolute atomic E-state index is 12.9. The van der Waals surface area contributed by atoms with E-state index in [0.29, 0.717) is 12.8 Å². The highest BCUT2D eigenvalue weighted by atomic mass is 16.7. The molecule has 2 heterocycles. The Morgan fingerprint density at radius 3 is 1.93 bits per heavy atom. The Morgan fingerprint density at radius 1 is 0.685 bits per heavy atom. The van der Waals surface area contributed by atoms with E-state index in [1.165, 1.54) is 12.8 Å². The van der Waals surface area contributed by atoms with E-state index in [2.05, 4.69) is 48.7 Å². The van der Waals surface area contributed by atoms with Crippen LogP contribution < -0.4 is 5.32 Å². The van der Waals surface area contributed by atoms with Gasteiger partial charge in [0, 0.05) is 6.42 Å². The van der Waals surface area contributed by atoms with E-state index < -0.39 is 86.8 Å². The number of hydrogen-bond donors (Lipinski definition) is 9. The van der Waals surface area contributed by atoms with Crippen LogP contribution in [0, 0.1) is 0 Å². The fourth-order valence-corrected chi connectivity index (χ4v) is 6.48. The summed E-state index contributed by atoms with van der Waals surface area (Å²) >= 11 is 0. The van der Waals surface area contributed by atoms with E-state index >= 15 is 0 Å². The quantitative estimate of drug-likeness (QED) is 0.0412. The first-order valence-corrected chi connectivity index (χ1v) is 20.2. The van der Waals surface area contributed by atoms with Crippen LogP contribution in [0.15, 0.2) is 36.5 Å². The molecule has 12 atom stereocenters. The van der Waals surface area contributed by atoms with E-state index in [9.17, 15) is 45.6 Å². The fourth-order valence-electron chi connectivity index (χ4n) is 6.48. The normalized spacial score (nSPS) is 30.4. The third-order valence-corrected chi connectivity index (χ3v) is 9.87. The van der Waals surface area contributed by atoms with Crippen molar-refractivity contribution in [2.24, 2.45) is 0 Å². The van der Waals surface area contributed by atoms with Crippen LogP contribution in [0.2, 0.25) is 0 Å². The van der Waals surface area contributed by atoms with E-state index in [1.54, 1.807) is 0 Å². The molecule has 314 valence electrons. The molecule has 0 aliphatic carbocycles. The minimum absolute atomic E-state index is 0.233. The summed E-state index contributed by atoms with van der Waals surface area (Å²) in [6, 6.07) is -0.828. The van der Waals surface area contributed by atoms with Crippen molar-refractivity contribution in [3.05, 3.63) is 36.5 Å². The molecule has 14 heteroatoms. The third kappa shape index (κ3) is 17.6. The highest BCUT2D eigenvalue weighted by Crippen LogP contribution is 2.30. The van der Waals surface area contributed by atoms with Gasteiger partial charge >= 0.3 is 0 Å². The second-order valence-electron chi connectivity index (χ2n) is 14.4. The number of unbranched alkanes of at least 4 members (excludes halogenated alkanes) is 9. The number of ether oxygens (including phenoxy) is 4. The van der Waals surface area contributed by atoms with Gasteiger partial charge in [-0.15, -0.1) is 0 Å². The van der Waals surface area contributed by atoms with Gasteiger partial charge in [-0.2, -0.15) is 0 Å². The lowest BCUT2D eigenvalue weighted by molar-refractivity contribution is -0.359. The zero-order valence-corrected chi connectivity index (χ0v) is 32.4. The maximum atomic E-state index is 12.9. The molecular formula is C40H71NO13. The van der Waals surface area contributed by atoms with Gasteiger partial charge in [0.15, 0.2) is 12.6 Å². The fraction of sp³-hybridized carbons (Fsp3) is 0.825. The van der Waals surface area contributed by atoms with Crippen molar-refractivity contribution in [3.8, 4) is 0 Å². The lowest BCUT2D eigenvalue weighted by Crippen LogP contribution is -2.65. The highest BCUT2D eigenvalue weighted by Gasteiger charge is 2.50. The first kappa shape index (κ1) is 48.4. The molecule has 2 aliphatic heterocycles. The first-order valence-electron chi connectivity index (χ1n) is 20.2. The largest absolute Gasteiger partial charge is 0.394 e. The van der Waals surface area contributed by atoms with E-state index in [0.717, 1.165) is 70.6 Å². The molecule has 0 saturated carbocycles. The lowest BCUT2D eigenvalue weighted by Gasteiger charge is -2.46. The van der Waals surface area contributed by atoms with Crippen molar-refractivity contribution in [3.63, 3.8) is 0 Å². The lowest BCUT2D eigenvalue weighted by atomic mass is 9.97. The van der Waals surface area contributed by atoms with Crippen molar-refractivity contribution in [2.75, 3.05) is 19.8 Å². The van der Waals surface area contributed by atoms with Crippen LogP contribution >= 0.6 is 0 Å². The summed E-state index contributed by atoms with van der Waals surface area (Å²) in [5.41, 5.74) is 0. The average molecular weight is 774 g/mol. The minimum atomic E-state index is -1.78. The van der Waals surface area contributed by atoms with Crippen LogP contribution in [0.25, 0.3) is 0 Å². The Labute approximate surface area is 321 Å². The number of aliphatic hydroxyl groups excluding tert-OH is 8. The molecule has 0 aromatic rings. The number of allylic oxidation sites excluding steroid dienone is 6. The molecule has 12 unspecified atom stereocenters. The van der Waals surface area contributed by atoms with Crippen LogP contribution in [-0.2, 0) is 23.7 Å². The molecule has 0 bridgehead atoms. The summed E-state index contributed by atoms with van der Waals surface area (Å²) in [5.74, 6) is -0.233. The van der Waals surface area contributed by atoms with Gasteiger partial charge in [0.2, 0.25) is 5.91 Å². The number of carbonyl (C=O) groups is 1. The Hall–Kier alpha value is -1.79. The SMILES string of the molecule is CC/C=C\C/C=C\C/C=C\CCCCCCCCCC(=O)NC(COC1OC(CO)C(OC2OC(CO)C(O)C(O)C2O)C(O)C1O)C(O)CCCCC. The van der Waals surface area contributed by atoms with Crippen LogP contribution in [-0.4, -0.2) is 140 Å². The molecule has 2 aliphatic rings. The van der Waals surface area contributed by atoms with Gasteiger partial charge in [-0.05, 0) is 44.9 Å². The molecule has 2 saturated heterocycles. The van der Waals surface area contributed by atoms with E-state index in [4.69, 9.17) is 18.9 Å². The zero-order valence-electron chi connectivity index (χ0n) is 32.4.